The minimum Gasteiger partial charge on any atom is -0.480 e. The second-order valence-corrected chi connectivity index (χ2v) is 6.06. The maximum Gasteiger partial charge on any atom is 0.326 e. The van der Waals surface area contributed by atoms with Gasteiger partial charge in [0.15, 0.2) is 5.15 Å². The average Bonchev–Trinajstić information content (AvgIpc) is 3.03. The van der Waals surface area contributed by atoms with Crippen molar-refractivity contribution >= 4 is 17.6 Å². The highest BCUT2D eigenvalue weighted by Gasteiger charge is 2.35. The first kappa shape index (κ1) is 13.9. The second kappa shape index (κ2) is 5.37. The Labute approximate surface area is 123 Å². The zero-order valence-corrected chi connectivity index (χ0v) is 12.4. The van der Waals surface area contributed by atoms with Gasteiger partial charge in [-0.3, -0.25) is 0 Å². The number of carbonyl (C=O) groups is 1. The van der Waals surface area contributed by atoms with E-state index in [0.29, 0.717) is 17.5 Å². The van der Waals surface area contributed by atoms with Crippen LogP contribution in [0.15, 0.2) is 0 Å². The highest BCUT2D eigenvalue weighted by atomic mass is 35.5. The first-order valence-electron chi connectivity index (χ1n) is 7.33. The van der Waals surface area contributed by atoms with Crippen LogP contribution in [-0.4, -0.2) is 45.2 Å². The van der Waals surface area contributed by atoms with Crippen molar-refractivity contribution < 1.29 is 9.90 Å². The molecule has 1 fully saturated rings. The van der Waals surface area contributed by atoms with E-state index in [1.54, 1.807) is 0 Å². The molecule has 20 heavy (non-hydrogen) atoms. The highest BCUT2D eigenvalue weighted by molar-refractivity contribution is 6.30. The van der Waals surface area contributed by atoms with Crippen LogP contribution in [0.3, 0.4) is 0 Å². The largest absolute Gasteiger partial charge is 0.480 e. The third-order valence-electron chi connectivity index (χ3n) is 4.56. The number of hydrogen-bond acceptors (Lipinski definition) is 3. The van der Waals surface area contributed by atoms with Crippen LogP contribution in [0.5, 0.6) is 0 Å². The topological polar surface area (TPSA) is 58.4 Å². The molecule has 3 rings (SSSR count). The monoisotopic (exact) mass is 297 g/mol. The summed E-state index contributed by atoms with van der Waals surface area (Å²) in [5.41, 5.74) is 0.912. The third-order valence-corrected chi connectivity index (χ3v) is 4.86. The molecule has 1 saturated heterocycles. The van der Waals surface area contributed by atoms with Gasteiger partial charge in [-0.25, -0.2) is 9.78 Å². The van der Waals surface area contributed by atoms with Crippen LogP contribution in [0.1, 0.15) is 49.7 Å². The molecule has 110 valence electrons. The van der Waals surface area contributed by atoms with Crippen molar-refractivity contribution in [3.8, 4) is 0 Å². The van der Waals surface area contributed by atoms with Crippen molar-refractivity contribution in [1.29, 1.82) is 0 Å². The van der Waals surface area contributed by atoms with Crippen molar-refractivity contribution in [3.05, 3.63) is 16.7 Å². The van der Waals surface area contributed by atoms with E-state index in [4.69, 9.17) is 11.6 Å². The van der Waals surface area contributed by atoms with E-state index >= 15 is 0 Å². The van der Waals surface area contributed by atoms with Gasteiger partial charge < -0.3 is 14.6 Å². The number of imidazole rings is 1. The molecule has 2 aliphatic rings. The molecule has 2 unspecified atom stereocenters. The minimum atomic E-state index is -0.772. The molecule has 0 spiro atoms. The normalized spacial score (nSPS) is 26.7. The van der Waals surface area contributed by atoms with Crippen LogP contribution in [0.4, 0.5) is 0 Å². The molecule has 2 atom stereocenters. The molecular weight excluding hydrogens is 278 g/mol. The van der Waals surface area contributed by atoms with Gasteiger partial charge in [-0.2, -0.15) is 0 Å². The van der Waals surface area contributed by atoms with E-state index < -0.39 is 12.0 Å². The summed E-state index contributed by atoms with van der Waals surface area (Å²) in [7, 11) is 0. The van der Waals surface area contributed by atoms with Gasteiger partial charge in [0.2, 0.25) is 0 Å². The molecule has 0 radical (unpaired) electrons. The predicted molar refractivity (Wildman–Crippen MR) is 76.3 cm³/mol. The van der Waals surface area contributed by atoms with Crippen LogP contribution in [-0.2, 0) is 11.2 Å². The molecule has 0 saturated carbocycles. The molecule has 3 heterocycles. The standard InChI is InChI=1S/C14H20ClN3O2/c1-2-17-7-6-9(8-17)13-16-12(15)10-4-3-5-11(14(19)20)18(10)13/h9,11H,2-8H2,1H3,(H,19,20). The maximum absolute atomic E-state index is 11.5. The lowest BCUT2D eigenvalue weighted by atomic mass is 10.0. The lowest BCUT2D eigenvalue weighted by molar-refractivity contribution is -0.141. The molecule has 1 aromatic rings. The average molecular weight is 298 g/mol. The Morgan fingerprint density at radius 1 is 1.50 bits per heavy atom. The molecule has 0 amide bonds. The van der Waals surface area contributed by atoms with E-state index in [2.05, 4.69) is 16.8 Å². The number of aliphatic carboxylic acids is 1. The molecule has 1 aromatic heterocycles. The fourth-order valence-corrected chi connectivity index (χ4v) is 3.74. The molecule has 0 aromatic carbocycles. The first-order valence-corrected chi connectivity index (χ1v) is 7.71. The minimum absolute atomic E-state index is 0.307. The quantitative estimate of drug-likeness (QED) is 0.930. The van der Waals surface area contributed by atoms with Crippen molar-refractivity contribution in [3.63, 3.8) is 0 Å². The molecule has 5 nitrogen and oxygen atoms in total. The van der Waals surface area contributed by atoms with Gasteiger partial charge in [-0.05, 0) is 38.8 Å². The zero-order chi connectivity index (χ0) is 14.3. The van der Waals surface area contributed by atoms with Crippen LogP contribution < -0.4 is 0 Å². The summed E-state index contributed by atoms with van der Waals surface area (Å²) >= 11 is 6.24. The maximum atomic E-state index is 11.5. The van der Waals surface area contributed by atoms with E-state index in [9.17, 15) is 9.90 Å². The van der Waals surface area contributed by atoms with Gasteiger partial charge in [0, 0.05) is 12.5 Å². The van der Waals surface area contributed by atoms with Gasteiger partial charge >= 0.3 is 5.97 Å². The Morgan fingerprint density at radius 3 is 2.95 bits per heavy atom. The van der Waals surface area contributed by atoms with Gasteiger partial charge in [-0.15, -0.1) is 0 Å². The van der Waals surface area contributed by atoms with Gasteiger partial charge in [0.05, 0.1) is 5.69 Å². The molecule has 0 bridgehead atoms. The molecule has 2 aliphatic heterocycles. The Kier molecular flexibility index (Phi) is 3.73. The summed E-state index contributed by atoms with van der Waals surface area (Å²) in [6, 6.07) is -0.496. The van der Waals surface area contributed by atoms with Gasteiger partial charge in [0.25, 0.3) is 0 Å². The number of carboxylic acid groups (broad SMARTS) is 1. The number of carboxylic acids is 1. The van der Waals surface area contributed by atoms with Crippen LogP contribution in [0.25, 0.3) is 0 Å². The molecule has 1 N–H and O–H groups in total. The Balaban J connectivity index is 1.98. The predicted octanol–water partition coefficient (Wildman–Crippen LogP) is 2.31. The fourth-order valence-electron chi connectivity index (χ4n) is 3.47. The Morgan fingerprint density at radius 2 is 2.30 bits per heavy atom. The van der Waals surface area contributed by atoms with Crippen molar-refractivity contribution in [2.75, 3.05) is 19.6 Å². The zero-order valence-electron chi connectivity index (χ0n) is 11.7. The molecule has 0 aliphatic carbocycles. The number of rotatable bonds is 3. The summed E-state index contributed by atoms with van der Waals surface area (Å²) in [6.45, 7) is 5.19. The Hall–Kier alpha value is -1.07. The van der Waals surface area contributed by atoms with Crippen LogP contribution in [0, 0.1) is 0 Å². The van der Waals surface area contributed by atoms with E-state index in [0.717, 1.165) is 50.4 Å². The lowest BCUT2D eigenvalue weighted by Crippen LogP contribution is -2.28. The van der Waals surface area contributed by atoms with Crippen molar-refractivity contribution in [2.45, 2.75) is 44.6 Å². The van der Waals surface area contributed by atoms with Gasteiger partial charge in [0.1, 0.15) is 11.9 Å². The number of aromatic nitrogens is 2. The number of nitrogens with zero attached hydrogens (tertiary/aromatic N) is 3. The number of hydrogen-bond donors (Lipinski definition) is 1. The third kappa shape index (κ3) is 2.23. The van der Waals surface area contributed by atoms with Crippen LogP contribution >= 0.6 is 11.6 Å². The highest BCUT2D eigenvalue weighted by Crippen LogP contribution is 2.36. The van der Waals surface area contributed by atoms with Gasteiger partial charge in [-0.1, -0.05) is 18.5 Å². The summed E-state index contributed by atoms with van der Waals surface area (Å²) in [5, 5.41) is 9.96. The number of likely N-dealkylation sites (N-methyl/N-ethyl adjacent to an activating group) is 1. The SMILES string of the molecule is CCN1CCC(c2nc(Cl)c3n2C(C(=O)O)CCC3)C1. The van der Waals surface area contributed by atoms with E-state index in [-0.39, 0.29) is 0 Å². The van der Waals surface area contributed by atoms with Crippen molar-refractivity contribution in [2.24, 2.45) is 0 Å². The number of fused-ring (bicyclic) bond motifs is 1. The molecule has 6 heteroatoms. The number of halogens is 1. The first-order chi connectivity index (χ1) is 9.61. The van der Waals surface area contributed by atoms with Crippen LogP contribution in [0.2, 0.25) is 5.15 Å². The number of likely N-dealkylation sites (tertiary alicyclic amines) is 1. The van der Waals surface area contributed by atoms with Crippen molar-refractivity contribution in [1.82, 2.24) is 14.5 Å². The van der Waals surface area contributed by atoms with E-state index in [1.807, 2.05) is 4.57 Å². The fraction of sp³-hybridized carbons (Fsp3) is 0.714. The van der Waals surface area contributed by atoms with E-state index in [1.165, 1.54) is 0 Å². The Bertz CT molecular complexity index is 529. The summed E-state index contributed by atoms with van der Waals surface area (Å²) in [6.07, 6.45) is 3.41. The summed E-state index contributed by atoms with van der Waals surface area (Å²) in [5.74, 6) is 0.417. The summed E-state index contributed by atoms with van der Waals surface area (Å²) in [4.78, 5) is 18.4. The summed E-state index contributed by atoms with van der Waals surface area (Å²) < 4.78 is 1.91. The smallest absolute Gasteiger partial charge is 0.326 e. The lowest BCUT2D eigenvalue weighted by Gasteiger charge is -2.25. The molecular formula is C14H20ClN3O2. The second-order valence-electron chi connectivity index (χ2n) is 5.70.